The van der Waals surface area contributed by atoms with Crippen LogP contribution in [-0.2, 0) is 6.54 Å². The van der Waals surface area contributed by atoms with Gasteiger partial charge in [0.25, 0.3) is 5.91 Å². The molecule has 0 aliphatic carbocycles. The fourth-order valence-corrected chi connectivity index (χ4v) is 2.23. The van der Waals surface area contributed by atoms with E-state index in [2.05, 4.69) is 0 Å². The third-order valence-electron chi connectivity index (χ3n) is 1.88. The summed E-state index contributed by atoms with van der Waals surface area (Å²) in [4.78, 5) is 12.2. The molecule has 4 N–H and O–H groups in total. The second kappa shape index (κ2) is 3.47. The van der Waals surface area contributed by atoms with Crippen LogP contribution in [-0.4, -0.2) is 19.1 Å². The van der Waals surface area contributed by atoms with E-state index in [0.717, 1.165) is 4.88 Å². The second-order valence-electron chi connectivity index (χ2n) is 2.78. The van der Waals surface area contributed by atoms with Gasteiger partial charge in [0.05, 0.1) is 4.88 Å². The highest BCUT2D eigenvalue weighted by Gasteiger charge is 2.26. The molecular weight excluding hydrogens is 204 g/mol. The molecule has 2 rings (SSSR count). The molecule has 2 heterocycles. The van der Waals surface area contributed by atoms with Crippen LogP contribution >= 0.6 is 11.3 Å². The molecule has 0 atom stereocenters. The molecule has 1 aliphatic heterocycles. The molecule has 1 aromatic heterocycles. The molecule has 0 saturated carbocycles. The van der Waals surface area contributed by atoms with Crippen molar-refractivity contribution >= 4 is 17.2 Å². The molecule has 6 heteroatoms. The van der Waals surface area contributed by atoms with Crippen molar-refractivity contribution in [1.82, 2.24) is 0 Å². The Morgan fingerprint density at radius 2 is 2.00 bits per heavy atom. The Bertz CT molecular complexity index is 375. The van der Waals surface area contributed by atoms with Crippen molar-refractivity contribution in [3.63, 3.8) is 0 Å². The van der Waals surface area contributed by atoms with Crippen molar-refractivity contribution in [2.75, 3.05) is 13.2 Å². The predicted octanol–water partition coefficient (Wildman–Crippen LogP) is 0.0769. The largest absolute Gasteiger partial charge is 0.485 e. The zero-order chi connectivity index (χ0) is 10.1. The lowest BCUT2D eigenvalue weighted by atomic mass is 10.3. The normalized spacial score (nSPS) is 14.1. The Morgan fingerprint density at radius 1 is 1.36 bits per heavy atom. The number of thiophene rings is 1. The highest BCUT2D eigenvalue weighted by Crippen LogP contribution is 2.43. The summed E-state index contributed by atoms with van der Waals surface area (Å²) in [7, 11) is 0. The molecule has 0 bridgehead atoms. The van der Waals surface area contributed by atoms with Crippen molar-refractivity contribution in [3.05, 3.63) is 9.75 Å². The van der Waals surface area contributed by atoms with Gasteiger partial charge in [-0.15, -0.1) is 11.3 Å². The minimum Gasteiger partial charge on any atom is -0.485 e. The van der Waals surface area contributed by atoms with Crippen LogP contribution in [0.25, 0.3) is 0 Å². The minimum absolute atomic E-state index is 0.323. The Hall–Kier alpha value is -1.27. The number of hydrogen-bond donors (Lipinski definition) is 2. The third-order valence-corrected chi connectivity index (χ3v) is 3.07. The van der Waals surface area contributed by atoms with Crippen molar-refractivity contribution in [1.29, 1.82) is 0 Å². The summed E-state index contributed by atoms with van der Waals surface area (Å²) < 4.78 is 10.7. The van der Waals surface area contributed by atoms with E-state index in [0.29, 0.717) is 36.1 Å². The monoisotopic (exact) mass is 214 g/mol. The number of hydrogen-bond acceptors (Lipinski definition) is 5. The molecule has 1 aliphatic rings. The van der Waals surface area contributed by atoms with Crippen LogP contribution in [0, 0.1) is 0 Å². The lowest BCUT2D eigenvalue weighted by molar-refractivity contribution is 0.0995. The van der Waals surface area contributed by atoms with Gasteiger partial charge in [-0.3, -0.25) is 4.79 Å². The first-order chi connectivity index (χ1) is 6.74. The highest BCUT2D eigenvalue weighted by atomic mass is 32.1. The smallest absolute Gasteiger partial charge is 0.262 e. The van der Waals surface area contributed by atoms with Gasteiger partial charge in [-0.25, -0.2) is 0 Å². The predicted molar refractivity (Wildman–Crippen MR) is 51.7 cm³/mol. The minimum atomic E-state index is -0.503. The average molecular weight is 214 g/mol. The molecule has 0 fully saturated rings. The zero-order valence-electron chi connectivity index (χ0n) is 7.41. The van der Waals surface area contributed by atoms with Crippen LogP contribution in [0.5, 0.6) is 11.5 Å². The van der Waals surface area contributed by atoms with E-state index in [4.69, 9.17) is 20.9 Å². The topological polar surface area (TPSA) is 87.6 Å². The Labute approximate surface area is 84.6 Å². The van der Waals surface area contributed by atoms with Gasteiger partial charge in [-0.2, -0.15) is 0 Å². The summed E-state index contributed by atoms with van der Waals surface area (Å²) in [6.45, 7) is 1.24. The fraction of sp³-hybridized carbons (Fsp3) is 0.375. The number of ether oxygens (including phenoxy) is 2. The number of rotatable bonds is 2. The van der Waals surface area contributed by atoms with Crippen LogP contribution in [0.2, 0.25) is 0 Å². The van der Waals surface area contributed by atoms with Crippen LogP contribution in [0.15, 0.2) is 0 Å². The van der Waals surface area contributed by atoms with E-state index in [1.807, 2.05) is 0 Å². The Morgan fingerprint density at radius 3 is 2.57 bits per heavy atom. The molecule has 1 amide bonds. The lowest BCUT2D eigenvalue weighted by Gasteiger charge is -2.16. The van der Waals surface area contributed by atoms with Gasteiger partial charge >= 0.3 is 0 Å². The van der Waals surface area contributed by atoms with Crippen molar-refractivity contribution < 1.29 is 14.3 Å². The van der Waals surface area contributed by atoms with Crippen LogP contribution in [0.3, 0.4) is 0 Å². The maximum Gasteiger partial charge on any atom is 0.262 e. The van der Waals surface area contributed by atoms with Crippen LogP contribution < -0.4 is 20.9 Å². The van der Waals surface area contributed by atoms with Gasteiger partial charge in [-0.1, -0.05) is 0 Å². The fourth-order valence-electron chi connectivity index (χ4n) is 1.31. The maximum atomic E-state index is 11.1. The average Bonchev–Trinajstić information content (AvgIpc) is 2.56. The molecular formula is C8H10N2O3S. The van der Waals surface area contributed by atoms with Crippen molar-refractivity contribution in [3.8, 4) is 11.5 Å². The van der Waals surface area contributed by atoms with E-state index in [-0.39, 0.29) is 0 Å². The Balaban J connectivity index is 2.52. The van der Waals surface area contributed by atoms with E-state index in [1.54, 1.807) is 0 Å². The quantitative estimate of drug-likeness (QED) is 0.729. The lowest BCUT2D eigenvalue weighted by Crippen LogP contribution is -2.18. The molecule has 0 saturated heterocycles. The van der Waals surface area contributed by atoms with Crippen LogP contribution in [0.1, 0.15) is 14.5 Å². The number of carbonyl (C=O) groups excluding carboxylic acids is 1. The van der Waals surface area contributed by atoms with E-state index >= 15 is 0 Å². The molecule has 0 spiro atoms. The van der Waals surface area contributed by atoms with Gasteiger partial charge in [0.2, 0.25) is 0 Å². The Kier molecular flexibility index (Phi) is 2.30. The summed E-state index contributed by atoms with van der Waals surface area (Å²) in [6.07, 6.45) is 0. The zero-order valence-corrected chi connectivity index (χ0v) is 8.23. The molecule has 5 nitrogen and oxygen atoms in total. The summed E-state index contributed by atoms with van der Waals surface area (Å²) in [6, 6.07) is 0. The van der Waals surface area contributed by atoms with Gasteiger partial charge in [0.15, 0.2) is 11.5 Å². The number of primary amides is 1. The van der Waals surface area contributed by atoms with E-state index in [1.165, 1.54) is 11.3 Å². The summed E-state index contributed by atoms with van der Waals surface area (Å²) in [5.74, 6) is 0.531. The third kappa shape index (κ3) is 1.32. The number of amides is 1. The molecule has 14 heavy (non-hydrogen) atoms. The van der Waals surface area contributed by atoms with Crippen molar-refractivity contribution in [2.45, 2.75) is 6.54 Å². The van der Waals surface area contributed by atoms with E-state index in [9.17, 15) is 4.79 Å². The van der Waals surface area contributed by atoms with Crippen molar-refractivity contribution in [2.24, 2.45) is 11.5 Å². The maximum absolute atomic E-state index is 11.1. The first-order valence-corrected chi connectivity index (χ1v) is 4.96. The first kappa shape index (κ1) is 9.29. The molecule has 1 aromatic rings. The van der Waals surface area contributed by atoms with Gasteiger partial charge in [0, 0.05) is 6.54 Å². The van der Waals surface area contributed by atoms with Gasteiger partial charge in [0.1, 0.15) is 18.1 Å². The SMILES string of the molecule is NCc1sc(C(N)=O)c2c1OCCO2. The number of nitrogens with two attached hydrogens (primary N) is 2. The molecule has 76 valence electrons. The van der Waals surface area contributed by atoms with Gasteiger partial charge < -0.3 is 20.9 Å². The summed E-state index contributed by atoms with van der Waals surface area (Å²) in [5, 5.41) is 0. The molecule has 0 unspecified atom stereocenters. The first-order valence-electron chi connectivity index (χ1n) is 4.15. The standard InChI is InChI=1S/C8H10N2O3S/c9-3-4-5-6(13-2-1-12-5)7(14-4)8(10)11/h1-3,9H2,(H2,10,11). The number of carbonyl (C=O) groups is 1. The number of fused-ring (bicyclic) bond motifs is 1. The molecule has 0 radical (unpaired) electrons. The molecule has 0 aromatic carbocycles. The summed E-state index contributed by atoms with van der Waals surface area (Å²) >= 11 is 1.23. The van der Waals surface area contributed by atoms with E-state index < -0.39 is 5.91 Å². The second-order valence-corrected chi connectivity index (χ2v) is 3.88. The van der Waals surface area contributed by atoms with Gasteiger partial charge in [-0.05, 0) is 0 Å². The summed E-state index contributed by atoms with van der Waals surface area (Å²) in [5.41, 5.74) is 10.7. The van der Waals surface area contributed by atoms with Crippen LogP contribution in [0.4, 0.5) is 0 Å². The highest BCUT2D eigenvalue weighted by molar-refractivity contribution is 7.14.